The third kappa shape index (κ3) is 4.99. The van der Waals surface area contributed by atoms with Crippen LogP contribution in [0.15, 0.2) is 24.3 Å². The van der Waals surface area contributed by atoms with Crippen LogP contribution in [-0.4, -0.2) is 36.9 Å². The molecule has 1 aliphatic heterocycles. The van der Waals surface area contributed by atoms with Gasteiger partial charge in [-0.05, 0) is 52.3 Å². The molecule has 1 aliphatic rings. The van der Waals surface area contributed by atoms with Gasteiger partial charge in [0.05, 0.1) is 12.1 Å². The molecule has 0 aliphatic carbocycles. The summed E-state index contributed by atoms with van der Waals surface area (Å²) in [6, 6.07) is 8.10. The highest BCUT2D eigenvalue weighted by Crippen LogP contribution is 2.24. The van der Waals surface area contributed by atoms with E-state index in [0.717, 1.165) is 11.1 Å². The molecule has 128 valence electrons. The Balaban J connectivity index is 1.92. The van der Waals surface area contributed by atoms with Crippen LogP contribution < -0.4 is 5.32 Å². The van der Waals surface area contributed by atoms with Gasteiger partial charge in [-0.3, -0.25) is 9.69 Å². The predicted octanol–water partition coefficient (Wildman–Crippen LogP) is 3.32. The average molecular weight is 324 g/mol. The normalized spacial score (nSPS) is 17.5. The topological polar surface area (TPSA) is 32.3 Å². The summed E-state index contributed by atoms with van der Waals surface area (Å²) in [5.41, 5.74) is 1.79. The SMILES string of the molecule is Cc1cccc(C(C)(C)NC(=O)C2CCN(CC(F)F)CC2)c1. The highest BCUT2D eigenvalue weighted by Gasteiger charge is 2.30. The maximum absolute atomic E-state index is 12.5. The van der Waals surface area contributed by atoms with Crippen molar-refractivity contribution in [2.45, 2.75) is 45.6 Å². The minimum absolute atomic E-state index is 0.0215. The van der Waals surface area contributed by atoms with Crippen LogP contribution in [0.3, 0.4) is 0 Å². The summed E-state index contributed by atoms with van der Waals surface area (Å²) in [5.74, 6) is -0.0683. The van der Waals surface area contributed by atoms with Crippen molar-refractivity contribution in [2.24, 2.45) is 5.92 Å². The van der Waals surface area contributed by atoms with Crippen molar-refractivity contribution < 1.29 is 13.6 Å². The lowest BCUT2D eigenvalue weighted by Gasteiger charge is -2.34. The number of aryl methyl sites for hydroxylation is 1. The van der Waals surface area contributed by atoms with Crippen molar-refractivity contribution in [3.05, 3.63) is 35.4 Å². The quantitative estimate of drug-likeness (QED) is 0.901. The Hall–Kier alpha value is -1.49. The Morgan fingerprint density at radius 1 is 1.35 bits per heavy atom. The van der Waals surface area contributed by atoms with Crippen molar-refractivity contribution in [3.63, 3.8) is 0 Å². The summed E-state index contributed by atoms with van der Waals surface area (Å²) in [7, 11) is 0. The monoisotopic (exact) mass is 324 g/mol. The van der Waals surface area contributed by atoms with E-state index in [-0.39, 0.29) is 18.4 Å². The van der Waals surface area contributed by atoms with Crippen LogP contribution in [0.25, 0.3) is 0 Å². The molecule has 0 atom stereocenters. The fourth-order valence-electron chi connectivity index (χ4n) is 3.09. The molecule has 0 aromatic heterocycles. The number of benzene rings is 1. The van der Waals surface area contributed by atoms with Gasteiger partial charge >= 0.3 is 0 Å². The number of nitrogens with zero attached hydrogens (tertiary/aromatic N) is 1. The van der Waals surface area contributed by atoms with Gasteiger partial charge in [0.25, 0.3) is 6.43 Å². The first-order valence-corrected chi connectivity index (χ1v) is 8.17. The molecule has 5 heteroatoms. The molecule has 2 rings (SSSR count). The molecule has 0 bridgehead atoms. The van der Waals surface area contributed by atoms with Crippen molar-refractivity contribution in [3.8, 4) is 0 Å². The molecule has 1 N–H and O–H groups in total. The fourth-order valence-corrected chi connectivity index (χ4v) is 3.09. The van der Waals surface area contributed by atoms with Gasteiger partial charge in [-0.2, -0.15) is 0 Å². The molecule has 1 amide bonds. The highest BCUT2D eigenvalue weighted by molar-refractivity contribution is 5.79. The van der Waals surface area contributed by atoms with Crippen LogP contribution in [0.5, 0.6) is 0 Å². The molecule has 3 nitrogen and oxygen atoms in total. The number of halogens is 2. The molecule has 1 saturated heterocycles. The molecular formula is C18H26F2N2O. The van der Waals surface area contributed by atoms with Gasteiger partial charge in [-0.1, -0.05) is 29.8 Å². The molecule has 0 spiro atoms. The third-order valence-electron chi connectivity index (χ3n) is 4.53. The van der Waals surface area contributed by atoms with Crippen LogP contribution in [0, 0.1) is 12.8 Å². The molecule has 0 unspecified atom stereocenters. The van der Waals surface area contributed by atoms with E-state index in [9.17, 15) is 13.6 Å². The maximum Gasteiger partial charge on any atom is 0.251 e. The lowest BCUT2D eigenvalue weighted by molar-refractivity contribution is -0.128. The zero-order valence-corrected chi connectivity index (χ0v) is 14.1. The molecule has 0 saturated carbocycles. The Labute approximate surface area is 137 Å². The Morgan fingerprint density at radius 3 is 2.57 bits per heavy atom. The summed E-state index contributed by atoms with van der Waals surface area (Å²) in [6.45, 7) is 6.95. The average Bonchev–Trinajstić information content (AvgIpc) is 2.47. The lowest BCUT2D eigenvalue weighted by atomic mass is 9.90. The standard InChI is InChI=1S/C18H26F2N2O/c1-13-5-4-6-15(11-13)18(2,3)21-17(23)14-7-9-22(10-8-14)12-16(19)20/h4-6,11,14,16H,7-10,12H2,1-3H3,(H,21,23). The smallest absolute Gasteiger partial charge is 0.251 e. The minimum atomic E-state index is -2.30. The van der Waals surface area contributed by atoms with E-state index in [4.69, 9.17) is 0 Å². The second-order valence-electron chi connectivity index (χ2n) is 6.95. The van der Waals surface area contributed by atoms with Crippen LogP contribution in [0.2, 0.25) is 0 Å². The summed E-state index contributed by atoms with van der Waals surface area (Å²) < 4.78 is 24.8. The maximum atomic E-state index is 12.5. The van der Waals surface area contributed by atoms with E-state index in [2.05, 4.69) is 11.4 Å². The lowest BCUT2D eigenvalue weighted by Crippen LogP contribution is -2.47. The van der Waals surface area contributed by atoms with Gasteiger partial charge in [0, 0.05) is 5.92 Å². The Kier molecular flexibility index (Phi) is 5.74. The number of hydrogen-bond acceptors (Lipinski definition) is 2. The number of carbonyl (C=O) groups is 1. The van der Waals surface area contributed by atoms with Crippen LogP contribution in [0.1, 0.15) is 37.8 Å². The van der Waals surface area contributed by atoms with Crippen molar-refractivity contribution in [2.75, 3.05) is 19.6 Å². The second kappa shape index (κ2) is 7.39. The highest BCUT2D eigenvalue weighted by atomic mass is 19.3. The van der Waals surface area contributed by atoms with E-state index >= 15 is 0 Å². The first-order chi connectivity index (χ1) is 10.8. The second-order valence-corrected chi connectivity index (χ2v) is 6.95. The number of piperidine rings is 1. The van der Waals surface area contributed by atoms with E-state index in [1.165, 1.54) is 0 Å². The van der Waals surface area contributed by atoms with E-state index < -0.39 is 12.0 Å². The largest absolute Gasteiger partial charge is 0.347 e. The Bertz CT molecular complexity index is 538. The van der Waals surface area contributed by atoms with E-state index in [1.54, 1.807) is 4.90 Å². The van der Waals surface area contributed by atoms with Gasteiger partial charge in [0.2, 0.25) is 5.91 Å². The first-order valence-electron chi connectivity index (χ1n) is 8.17. The third-order valence-corrected chi connectivity index (χ3v) is 4.53. The number of alkyl halides is 2. The minimum Gasteiger partial charge on any atom is -0.347 e. The number of carbonyl (C=O) groups excluding carboxylic acids is 1. The Morgan fingerprint density at radius 2 is 2.00 bits per heavy atom. The molecule has 1 heterocycles. The van der Waals surface area contributed by atoms with Gasteiger partial charge in [0.15, 0.2) is 0 Å². The molecule has 0 radical (unpaired) electrons. The fraction of sp³-hybridized carbons (Fsp3) is 0.611. The molecular weight excluding hydrogens is 298 g/mol. The molecule has 23 heavy (non-hydrogen) atoms. The zero-order valence-electron chi connectivity index (χ0n) is 14.1. The van der Waals surface area contributed by atoms with E-state index in [1.807, 2.05) is 39.0 Å². The number of rotatable bonds is 5. The summed E-state index contributed by atoms with van der Waals surface area (Å²) in [6.07, 6.45) is -1.02. The summed E-state index contributed by atoms with van der Waals surface area (Å²) in [4.78, 5) is 14.3. The van der Waals surface area contributed by atoms with Gasteiger partial charge in [-0.25, -0.2) is 8.78 Å². The van der Waals surface area contributed by atoms with Crippen LogP contribution in [0.4, 0.5) is 8.78 Å². The number of likely N-dealkylation sites (tertiary alicyclic amines) is 1. The summed E-state index contributed by atoms with van der Waals surface area (Å²) in [5, 5.41) is 3.12. The van der Waals surface area contributed by atoms with E-state index in [0.29, 0.717) is 25.9 Å². The molecule has 1 aromatic rings. The predicted molar refractivity (Wildman–Crippen MR) is 87.5 cm³/mol. The van der Waals surface area contributed by atoms with Gasteiger partial charge < -0.3 is 5.32 Å². The molecule has 1 fully saturated rings. The van der Waals surface area contributed by atoms with Crippen molar-refractivity contribution in [1.29, 1.82) is 0 Å². The van der Waals surface area contributed by atoms with Crippen molar-refractivity contribution >= 4 is 5.91 Å². The van der Waals surface area contributed by atoms with Gasteiger partial charge in [0.1, 0.15) is 0 Å². The number of nitrogens with one attached hydrogen (secondary N) is 1. The first kappa shape index (κ1) is 17.9. The number of amides is 1. The van der Waals surface area contributed by atoms with Crippen molar-refractivity contribution in [1.82, 2.24) is 10.2 Å². The zero-order chi connectivity index (χ0) is 17.0. The number of hydrogen-bond donors (Lipinski definition) is 1. The van der Waals surface area contributed by atoms with Crippen LogP contribution in [-0.2, 0) is 10.3 Å². The van der Waals surface area contributed by atoms with Crippen LogP contribution >= 0.6 is 0 Å². The summed E-state index contributed by atoms with van der Waals surface area (Å²) >= 11 is 0. The molecule has 1 aromatic carbocycles. The van der Waals surface area contributed by atoms with Gasteiger partial charge in [-0.15, -0.1) is 0 Å².